The second-order valence-electron chi connectivity index (χ2n) is 5.75. The third-order valence-corrected chi connectivity index (χ3v) is 3.54. The van der Waals surface area contributed by atoms with Crippen LogP contribution in [0.15, 0.2) is 24.3 Å². The molecule has 0 amide bonds. The molecule has 3 heteroatoms. The van der Waals surface area contributed by atoms with Gasteiger partial charge >= 0.3 is 0 Å². The number of nitriles is 1. The van der Waals surface area contributed by atoms with Gasteiger partial charge in [0.2, 0.25) is 0 Å². The lowest BCUT2D eigenvalue weighted by Crippen LogP contribution is -2.10. The first-order chi connectivity index (χ1) is 8.91. The van der Waals surface area contributed by atoms with Crippen LogP contribution >= 0.6 is 11.6 Å². The Labute approximate surface area is 119 Å². The van der Waals surface area contributed by atoms with Crippen LogP contribution in [0.25, 0.3) is 10.9 Å². The predicted molar refractivity (Wildman–Crippen MR) is 79.4 cm³/mol. The van der Waals surface area contributed by atoms with Gasteiger partial charge in [-0.25, -0.2) is 4.98 Å². The van der Waals surface area contributed by atoms with Crippen molar-refractivity contribution < 1.29 is 0 Å². The van der Waals surface area contributed by atoms with E-state index in [0.29, 0.717) is 18.0 Å². The zero-order valence-electron chi connectivity index (χ0n) is 11.5. The number of rotatable bonds is 2. The quantitative estimate of drug-likeness (QED) is 0.747. The van der Waals surface area contributed by atoms with E-state index in [-0.39, 0.29) is 5.41 Å². The molecule has 0 fully saturated rings. The van der Waals surface area contributed by atoms with E-state index in [1.807, 2.05) is 6.07 Å². The van der Waals surface area contributed by atoms with Crippen molar-refractivity contribution in [3.05, 3.63) is 40.5 Å². The molecular weight excluding hydrogens is 256 g/mol. The van der Waals surface area contributed by atoms with Gasteiger partial charge in [-0.05, 0) is 41.2 Å². The number of fused-ring (bicyclic) bond motifs is 1. The third-order valence-electron chi connectivity index (χ3n) is 3.21. The SMILES string of the molecule is CC(C)(C)c1ccc2nc(Cl)c(CCC#N)cc2c1. The summed E-state index contributed by atoms with van der Waals surface area (Å²) < 4.78 is 0. The van der Waals surface area contributed by atoms with Crippen LogP contribution in [0.4, 0.5) is 0 Å². The van der Waals surface area contributed by atoms with Crippen molar-refractivity contribution >= 4 is 22.5 Å². The van der Waals surface area contributed by atoms with Gasteiger partial charge in [0.15, 0.2) is 0 Å². The highest BCUT2D eigenvalue weighted by molar-refractivity contribution is 6.30. The van der Waals surface area contributed by atoms with E-state index in [1.54, 1.807) is 0 Å². The van der Waals surface area contributed by atoms with Crippen LogP contribution in [0.3, 0.4) is 0 Å². The summed E-state index contributed by atoms with van der Waals surface area (Å²) in [4.78, 5) is 4.41. The molecular formula is C16H17ClN2. The van der Waals surface area contributed by atoms with Crippen molar-refractivity contribution in [3.63, 3.8) is 0 Å². The Bertz CT molecular complexity index is 648. The van der Waals surface area contributed by atoms with E-state index >= 15 is 0 Å². The maximum atomic E-state index is 8.67. The lowest BCUT2D eigenvalue weighted by Gasteiger charge is -2.19. The molecule has 0 saturated carbocycles. The second-order valence-corrected chi connectivity index (χ2v) is 6.11. The van der Waals surface area contributed by atoms with Crippen molar-refractivity contribution in [1.29, 1.82) is 5.26 Å². The van der Waals surface area contributed by atoms with Gasteiger partial charge in [0.05, 0.1) is 11.6 Å². The molecule has 1 aromatic carbocycles. The average Bonchev–Trinajstić information content (AvgIpc) is 2.34. The van der Waals surface area contributed by atoms with Crippen LogP contribution in [0.5, 0.6) is 0 Å². The fourth-order valence-electron chi connectivity index (χ4n) is 2.03. The average molecular weight is 273 g/mol. The number of halogens is 1. The minimum atomic E-state index is 0.112. The predicted octanol–water partition coefficient (Wildman–Crippen LogP) is 4.64. The van der Waals surface area contributed by atoms with E-state index in [4.69, 9.17) is 16.9 Å². The summed E-state index contributed by atoms with van der Waals surface area (Å²) in [5.74, 6) is 0. The molecule has 2 rings (SSSR count). The summed E-state index contributed by atoms with van der Waals surface area (Å²) in [5, 5.41) is 10.3. The van der Waals surface area contributed by atoms with E-state index in [9.17, 15) is 0 Å². The van der Waals surface area contributed by atoms with Gasteiger partial charge in [-0.1, -0.05) is 38.4 Å². The normalized spacial score (nSPS) is 11.5. The standard InChI is InChI=1S/C16H17ClN2/c1-16(2,3)13-6-7-14-12(10-13)9-11(5-4-8-18)15(17)19-14/h6-7,9-10H,4-5H2,1-3H3. The molecule has 19 heavy (non-hydrogen) atoms. The van der Waals surface area contributed by atoms with E-state index in [0.717, 1.165) is 16.5 Å². The molecule has 0 radical (unpaired) electrons. The van der Waals surface area contributed by atoms with E-state index in [2.05, 4.69) is 50.0 Å². The van der Waals surface area contributed by atoms with Crippen molar-refractivity contribution in [2.24, 2.45) is 0 Å². The minimum Gasteiger partial charge on any atom is -0.236 e. The molecule has 2 nitrogen and oxygen atoms in total. The van der Waals surface area contributed by atoms with Gasteiger partial charge in [-0.15, -0.1) is 0 Å². The van der Waals surface area contributed by atoms with Crippen molar-refractivity contribution in [1.82, 2.24) is 4.98 Å². The number of nitrogens with zero attached hydrogens (tertiary/aromatic N) is 2. The number of pyridine rings is 1. The summed E-state index contributed by atoms with van der Waals surface area (Å²) in [6.07, 6.45) is 1.11. The highest BCUT2D eigenvalue weighted by atomic mass is 35.5. The first-order valence-corrected chi connectivity index (χ1v) is 6.76. The molecule has 0 aliphatic heterocycles. The summed E-state index contributed by atoms with van der Waals surface area (Å²) in [6, 6.07) is 10.5. The fourth-order valence-corrected chi connectivity index (χ4v) is 2.27. The van der Waals surface area contributed by atoms with Crippen LogP contribution in [0.1, 0.15) is 38.3 Å². The van der Waals surface area contributed by atoms with Crippen LogP contribution in [-0.4, -0.2) is 4.98 Å². The van der Waals surface area contributed by atoms with Crippen LogP contribution in [0, 0.1) is 11.3 Å². The Morgan fingerprint density at radius 1 is 1.26 bits per heavy atom. The molecule has 0 spiro atoms. The first kappa shape index (κ1) is 13.8. The monoisotopic (exact) mass is 272 g/mol. The van der Waals surface area contributed by atoms with Gasteiger partial charge in [0.1, 0.15) is 5.15 Å². The molecule has 0 atom stereocenters. The summed E-state index contributed by atoms with van der Waals surface area (Å²) >= 11 is 6.15. The van der Waals surface area contributed by atoms with Crippen LogP contribution < -0.4 is 0 Å². The lowest BCUT2D eigenvalue weighted by atomic mass is 9.86. The second kappa shape index (κ2) is 5.19. The van der Waals surface area contributed by atoms with Gasteiger partial charge < -0.3 is 0 Å². The fraction of sp³-hybridized carbons (Fsp3) is 0.375. The van der Waals surface area contributed by atoms with E-state index < -0.39 is 0 Å². The molecule has 0 N–H and O–H groups in total. The number of aryl methyl sites for hydroxylation is 1. The topological polar surface area (TPSA) is 36.7 Å². The zero-order valence-corrected chi connectivity index (χ0v) is 12.3. The molecule has 98 valence electrons. The summed E-state index contributed by atoms with van der Waals surface area (Å²) in [6.45, 7) is 6.57. The lowest BCUT2D eigenvalue weighted by molar-refractivity contribution is 0.591. The Morgan fingerprint density at radius 3 is 2.63 bits per heavy atom. The molecule has 1 aromatic heterocycles. The number of aromatic nitrogens is 1. The van der Waals surface area contributed by atoms with Gasteiger partial charge in [-0.2, -0.15) is 5.26 Å². The van der Waals surface area contributed by atoms with Crippen molar-refractivity contribution in [2.75, 3.05) is 0 Å². The Kier molecular flexibility index (Phi) is 3.78. The van der Waals surface area contributed by atoms with Crippen molar-refractivity contribution in [3.8, 4) is 6.07 Å². The van der Waals surface area contributed by atoms with E-state index in [1.165, 1.54) is 5.56 Å². The minimum absolute atomic E-state index is 0.112. The Hall–Kier alpha value is -1.59. The maximum absolute atomic E-state index is 8.67. The van der Waals surface area contributed by atoms with Gasteiger partial charge in [0.25, 0.3) is 0 Å². The molecule has 0 bridgehead atoms. The number of hydrogen-bond acceptors (Lipinski definition) is 2. The largest absolute Gasteiger partial charge is 0.236 e. The zero-order chi connectivity index (χ0) is 14.0. The smallest absolute Gasteiger partial charge is 0.133 e. The molecule has 0 unspecified atom stereocenters. The summed E-state index contributed by atoms with van der Waals surface area (Å²) in [7, 11) is 0. The molecule has 1 heterocycles. The molecule has 0 saturated heterocycles. The third kappa shape index (κ3) is 3.05. The molecule has 0 aliphatic carbocycles. The highest BCUT2D eigenvalue weighted by Gasteiger charge is 2.14. The van der Waals surface area contributed by atoms with Gasteiger partial charge in [0, 0.05) is 11.8 Å². The van der Waals surface area contributed by atoms with Crippen LogP contribution in [0.2, 0.25) is 5.15 Å². The Balaban J connectivity index is 2.52. The molecule has 2 aromatic rings. The summed E-state index contributed by atoms with van der Waals surface area (Å²) in [5.41, 5.74) is 3.23. The van der Waals surface area contributed by atoms with Gasteiger partial charge in [-0.3, -0.25) is 0 Å². The first-order valence-electron chi connectivity index (χ1n) is 6.38. The number of hydrogen-bond donors (Lipinski definition) is 0. The number of benzene rings is 1. The Morgan fingerprint density at radius 2 is 2.00 bits per heavy atom. The van der Waals surface area contributed by atoms with Crippen molar-refractivity contribution in [2.45, 2.75) is 39.0 Å². The highest BCUT2D eigenvalue weighted by Crippen LogP contribution is 2.28. The molecule has 0 aliphatic rings. The van der Waals surface area contributed by atoms with Crippen LogP contribution in [-0.2, 0) is 11.8 Å². The maximum Gasteiger partial charge on any atom is 0.133 e.